The van der Waals surface area contributed by atoms with E-state index < -0.39 is 17.3 Å². The Morgan fingerprint density at radius 3 is 2.25 bits per heavy atom. The van der Waals surface area contributed by atoms with Crippen molar-refractivity contribution < 1.29 is 18.8 Å². The summed E-state index contributed by atoms with van der Waals surface area (Å²) < 4.78 is 16.0. The van der Waals surface area contributed by atoms with E-state index in [0.29, 0.717) is 12.1 Å². The Kier molecular flexibility index (Phi) is 13.3. The van der Waals surface area contributed by atoms with E-state index in [0.717, 1.165) is 24.0 Å². The zero-order chi connectivity index (χ0) is 30.6. The summed E-state index contributed by atoms with van der Waals surface area (Å²) in [5.41, 5.74) is 6.61. The predicted molar refractivity (Wildman–Crippen MR) is 159 cm³/mol. The Hall–Kier alpha value is -4.47. The van der Waals surface area contributed by atoms with E-state index in [2.05, 4.69) is 18.0 Å². The topological polar surface area (TPSA) is 118 Å². The average molecular weight is 554 g/mol. The van der Waals surface area contributed by atoms with Gasteiger partial charge in [0.15, 0.2) is 0 Å². The summed E-state index contributed by atoms with van der Waals surface area (Å²) >= 11 is 0. The summed E-state index contributed by atoms with van der Waals surface area (Å²) in [5.74, 6) is -0.874. The van der Waals surface area contributed by atoms with Crippen LogP contribution < -0.4 is 21.5 Å². The third-order valence-corrected chi connectivity index (χ3v) is 5.86. The van der Waals surface area contributed by atoms with Crippen molar-refractivity contribution in [2.45, 2.75) is 47.5 Å². The summed E-state index contributed by atoms with van der Waals surface area (Å²) in [6.45, 7) is 9.40. The largest absolute Gasteiger partial charge is 0.372 e. The average Bonchev–Trinajstić information content (AvgIpc) is 2.93. The van der Waals surface area contributed by atoms with Crippen molar-refractivity contribution in [1.29, 1.82) is 0 Å². The number of primary amides is 1. The van der Waals surface area contributed by atoms with Crippen molar-refractivity contribution in [3.05, 3.63) is 80.9 Å². The van der Waals surface area contributed by atoms with Gasteiger partial charge in [0.25, 0.3) is 11.5 Å². The lowest BCUT2D eigenvalue weighted by atomic mass is 10.0. The van der Waals surface area contributed by atoms with Crippen molar-refractivity contribution in [1.82, 2.24) is 9.47 Å². The van der Waals surface area contributed by atoms with Crippen LogP contribution in [0, 0.1) is 19.7 Å². The molecule has 3 aromatic rings. The van der Waals surface area contributed by atoms with E-state index in [1.807, 2.05) is 32.0 Å². The molecule has 0 aliphatic rings. The number of aromatic nitrogens is 1. The number of nitrogens with zero attached hydrogens (tertiary/aromatic N) is 3. The molecular weight excluding hydrogens is 513 g/mol. The van der Waals surface area contributed by atoms with E-state index in [-0.39, 0.29) is 34.7 Å². The molecule has 216 valence electrons. The van der Waals surface area contributed by atoms with Crippen LogP contribution in [-0.2, 0) is 23.1 Å². The van der Waals surface area contributed by atoms with Gasteiger partial charge in [-0.3, -0.25) is 28.6 Å². The highest BCUT2D eigenvalue weighted by Gasteiger charge is 2.29. The first-order chi connectivity index (χ1) is 19.0. The van der Waals surface area contributed by atoms with Gasteiger partial charge >= 0.3 is 0 Å². The maximum absolute atomic E-state index is 14.7. The maximum atomic E-state index is 14.7. The van der Waals surface area contributed by atoms with Crippen LogP contribution in [0.25, 0.3) is 0 Å². The zero-order valence-electron chi connectivity index (χ0n) is 24.5. The molecular formula is C30H40FN5O4. The molecule has 0 radical (unpaired) electrons. The lowest BCUT2D eigenvalue weighted by Crippen LogP contribution is -2.33. The van der Waals surface area contributed by atoms with Gasteiger partial charge in [0, 0.05) is 32.4 Å². The molecule has 2 aromatic carbocycles. The van der Waals surface area contributed by atoms with Gasteiger partial charge in [0.1, 0.15) is 17.2 Å². The van der Waals surface area contributed by atoms with Gasteiger partial charge in [0.2, 0.25) is 12.8 Å². The molecule has 0 atom stereocenters. The Balaban J connectivity index is 0.00000150. The molecule has 9 nitrogen and oxygen atoms in total. The van der Waals surface area contributed by atoms with E-state index in [1.54, 1.807) is 46.1 Å². The number of aryl methyl sites for hydroxylation is 2. The Morgan fingerprint density at radius 1 is 1.10 bits per heavy atom. The summed E-state index contributed by atoms with van der Waals surface area (Å²) in [6.07, 6.45) is 2.59. The molecule has 0 saturated heterocycles. The first-order valence-corrected chi connectivity index (χ1v) is 13.0. The number of amides is 3. The minimum Gasteiger partial charge on any atom is -0.372 e. The minimum absolute atomic E-state index is 0.0857. The lowest BCUT2D eigenvalue weighted by Gasteiger charge is -2.28. The van der Waals surface area contributed by atoms with Crippen LogP contribution in [0.4, 0.5) is 27.3 Å². The molecule has 3 amide bonds. The van der Waals surface area contributed by atoms with Gasteiger partial charge in [0.05, 0.1) is 11.4 Å². The smallest absolute Gasteiger partial charge is 0.259 e. The van der Waals surface area contributed by atoms with Crippen molar-refractivity contribution in [2.75, 3.05) is 24.3 Å². The highest BCUT2D eigenvalue weighted by Crippen LogP contribution is 2.36. The molecule has 0 saturated carbocycles. The van der Waals surface area contributed by atoms with Crippen LogP contribution in [0.5, 0.6) is 0 Å². The molecule has 0 aliphatic carbocycles. The molecule has 3 N–H and O–H groups in total. The standard InChI is InChI=1S/C27H31FN4O3.C2H6.CH3NO/c1-7-9-19-10-8-11-20(15-19)32(16-33)24-18(3)26(34)31(6)25(23(24)27(35)30(4)5)29-22-13-12-17(2)14-21(22)28;1-2;2-1-3/h8,10-16,29H,7,9H2,1-6H3;1-2H3;1H,(H2,2,3). The second kappa shape index (κ2) is 15.8. The molecule has 0 aliphatic heterocycles. The monoisotopic (exact) mass is 553 g/mol. The van der Waals surface area contributed by atoms with E-state index in [9.17, 15) is 18.8 Å². The number of nitrogens with one attached hydrogen (secondary N) is 1. The van der Waals surface area contributed by atoms with Crippen molar-refractivity contribution >= 4 is 41.6 Å². The fourth-order valence-electron chi connectivity index (χ4n) is 4.04. The van der Waals surface area contributed by atoms with Gasteiger partial charge in [-0.25, -0.2) is 4.39 Å². The van der Waals surface area contributed by atoms with Crippen LogP contribution in [0.3, 0.4) is 0 Å². The summed E-state index contributed by atoms with van der Waals surface area (Å²) in [6, 6.07) is 12.0. The molecule has 0 spiro atoms. The van der Waals surface area contributed by atoms with Crippen LogP contribution in [0.15, 0.2) is 47.3 Å². The van der Waals surface area contributed by atoms with Gasteiger partial charge in [-0.15, -0.1) is 0 Å². The van der Waals surface area contributed by atoms with Crippen LogP contribution in [0.2, 0.25) is 0 Å². The Bertz CT molecular complexity index is 1390. The molecule has 0 fully saturated rings. The molecule has 10 heteroatoms. The van der Waals surface area contributed by atoms with Gasteiger partial charge in [-0.2, -0.15) is 0 Å². The molecule has 0 unspecified atom stereocenters. The van der Waals surface area contributed by atoms with E-state index in [1.165, 1.54) is 27.5 Å². The van der Waals surface area contributed by atoms with E-state index in [4.69, 9.17) is 4.79 Å². The first kappa shape index (κ1) is 33.6. The number of anilines is 4. The summed E-state index contributed by atoms with van der Waals surface area (Å²) in [4.78, 5) is 50.4. The third-order valence-electron chi connectivity index (χ3n) is 5.86. The normalized spacial score (nSPS) is 9.82. The number of carbonyl (C=O) groups excluding carboxylic acids is 3. The molecule has 1 aromatic heterocycles. The molecule has 40 heavy (non-hydrogen) atoms. The van der Waals surface area contributed by atoms with Gasteiger partial charge in [-0.05, 0) is 55.7 Å². The van der Waals surface area contributed by atoms with Crippen molar-refractivity contribution in [2.24, 2.45) is 12.8 Å². The first-order valence-electron chi connectivity index (χ1n) is 13.0. The van der Waals surface area contributed by atoms with E-state index >= 15 is 0 Å². The number of pyridine rings is 1. The molecule has 3 rings (SSSR count). The fourth-order valence-corrected chi connectivity index (χ4v) is 4.04. The highest BCUT2D eigenvalue weighted by atomic mass is 19.1. The number of rotatable bonds is 8. The number of carbonyl (C=O) groups is 3. The summed E-state index contributed by atoms with van der Waals surface area (Å²) in [5, 5.41) is 2.94. The highest BCUT2D eigenvalue weighted by molar-refractivity contribution is 6.08. The lowest BCUT2D eigenvalue weighted by molar-refractivity contribution is -0.107. The molecule has 0 bridgehead atoms. The Morgan fingerprint density at radius 2 is 1.73 bits per heavy atom. The third kappa shape index (κ3) is 7.78. The Labute approximate surface area is 235 Å². The van der Waals surface area contributed by atoms with Gasteiger partial charge < -0.3 is 16.0 Å². The minimum atomic E-state index is -0.526. The SMILES string of the molecule is CC.CCCc1cccc(N(C=O)c2c(C(=O)N(C)C)c(Nc3ccc(C)cc3F)n(C)c(=O)c2C)c1.NC=O. The quantitative estimate of drug-likeness (QED) is 0.382. The number of hydrogen-bond donors (Lipinski definition) is 2. The number of halogens is 1. The summed E-state index contributed by atoms with van der Waals surface area (Å²) in [7, 11) is 4.67. The second-order valence-corrected chi connectivity index (χ2v) is 8.90. The van der Waals surface area contributed by atoms with Crippen LogP contribution in [-0.4, -0.2) is 42.3 Å². The second-order valence-electron chi connectivity index (χ2n) is 8.90. The molecule has 1 heterocycles. The van der Waals surface area contributed by atoms with Crippen molar-refractivity contribution in [3.63, 3.8) is 0 Å². The number of hydrogen-bond acceptors (Lipinski definition) is 5. The van der Waals surface area contributed by atoms with Crippen molar-refractivity contribution in [3.8, 4) is 0 Å². The fraction of sp³-hybridized carbons (Fsp3) is 0.333. The maximum Gasteiger partial charge on any atom is 0.259 e. The zero-order valence-corrected chi connectivity index (χ0v) is 24.5. The van der Waals surface area contributed by atoms with Gasteiger partial charge in [-0.1, -0.05) is 45.4 Å². The number of nitrogens with two attached hydrogens (primary N) is 1. The van der Waals surface area contributed by atoms with Crippen LogP contribution >= 0.6 is 0 Å². The van der Waals surface area contributed by atoms with Crippen LogP contribution in [0.1, 0.15) is 54.2 Å². The number of benzene rings is 2. The predicted octanol–water partition coefficient (Wildman–Crippen LogP) is 4.96.